The van der Waals surface area contributed by atoms with E-state index in [1.165, 1.54) is 32.4 Å². The Morgan fingerprint density at radius 2 is 2.21 bits per heavy atom. The first kappa shape index (κ1) is 16.5. The monoisotopic (exact) mass is 338 g/mol. The van der Waals surface area contributed by atoms with Gasteiger partial charge in [-0.25, -0.2) is 14.0 Å². The summed E-state index contributed by atoms with van der Waals surface area (Å²) in [5.74, 6) is 0.608. The fourth-order valence-electron chi connectivity index (χ4n) is 2.91. The topological polar surface area (TPSA) is 83.6 Å². The molecule has 0 N–H and O–H groups in total. The smallest absolute Gasteiger partial charge is 0.387 e. The summed E-state index contributed by atoms with van der Waals surface area (Å²) in [5.41, 5.74) is -0.778. The molecule has 0 unspecified atom stereocenters. The zero-order valence-electron chi connectivity index (χ0n) is 13.4. The van der Waals surface area contributed by atoms with Crippen molar-refractivity contribution in [3.8, 4) is 5.88 Å². The molecule has 2 aromatic rings. The van der Waals surface area contributed by atoms with Crippen LogP contribution in [0.5, 0.6) is 5.88 Å². The fourth-order valence-corrected chi connectivity index (χ4v) is 2.91. The van der Waals surface area contributed by atoms with E-state index >= 15 is 0 Å². The number of aromatic nitrogens is 2. The van der Waals surface area contributed by atoms with Crippen molar-refractivity contribution in [3.63, 3.8) is 0 Å². The van der Waals surface area contributed by atoms with Crippen molar-refractivity contribution in [2.75, 3.05) is 20.4 Å². The average molecular weight is 338 g/mol. The summed E-state index contributed by atoms with van der Waals surface area (Å²) < 4.78 is 23.7. The molecule has 130 valence electrons. The predicted molar refractivity (Wildman–Crippen MR) is 84.2 cm³/mol. The molecule has 8 heteroatoms. The van der Waals surface area contributed by atoms with Crippen LogP contribution in [0.2, 0.25) is 0 Å². The minimum Gasteiger partial charge on any atom is -0.474 e. The maximum absolute atomic E-state index is 12.5. The van der Waals surface area contributed by atoms with Crippen molar-refractivity contribution in [2.45, 2.75) is 32.1 Å². The molecule has 2 heterocycles. The highest BCUT2D eigenvalue weighted by Crippen LogP contribution is 2.32. The summed E-state index contributed by atoms with van der Waals surface area (Å²) in [4.78, 5) is 32.6. The van der Waals surface area contributed by atoms with Gasteiger partial charge in [0.15, 0.2) is 0 Å². The third kappa shape index (κ3) is 3.13. The van der Waals surface area contributed by atoms with Crippen LogP contribution in [-0.2, 0) is 6.42 Å². The zero-order valence-corrected chi connectivity index (χ0v) is 13.4. The first-order chi connectivity index (χ1) is 11.6. The van der Waals surface area contributed by atoms with Gasteiger partial charge < -0.3 is 14.0 Å². The molecule has 7 nitrogen and oxygen atoms in total. The second kappa shape index (κ2) is 7.02. The third-order valence-electron chi connectivity index (χ3n) is 4.34. The Morgan fingerprint density at radius 3 is 2.83 bits per heavy atom. The second-order valence-electron chi connectivity index (χ2n) is 5.82. The van der Waals surface area contributed by atoms with Gasteiger partial charge in [0.2, 0.25) is 5.88 Å². The number of hydrogen-bond donors (Lipinski definition) is 0. The summed E-state index contributed by atoms with van der Waals surface area (Å²) in [6.07, 6.45) is 5.16. The highest BCUT2D eigenvalue weighted by atomic mass is 19.1. The van der Waals surface area contributed by atoms with Crippen molar-refractivity contribution >= 4 is 11.1 Å². The van der Waals surface area contributed by atoms with E-state index in [0.29, 0.717) is 23.3 Å². The maximum Gasteiger partial charge on any atom is 0.387 e. The Balaban J connectivity index is 2.13. The summed E-state index contributed by atoms with van der Waals surface area (Å²) in [5, 5.41) is 0.379. The van der Waals surface area contributed by atoms with Crippen LogP contribution >= 0.6 is 0 Å². The van der Waals surface area contributed by atoms with Gasteiger partial charge in [-0.05, 0) is 24.3 Å². The third-order valence-corrected chi connectivity index (χ3v) is 4.34. The molecular weight excluding hydrogens is 319 g/mol. The summed E-state index contributed by atoms with van der Waals surface area (Å²) in [6.45, 7) is -0.954. The van der Waals surface area contributed by atoms with Crippen molar-refractivity contribution in [1.82, 2.24) is 9.71 Å². The lowest BCUT2D eigenvalue weighted by Crippen LogP contribution is -2.29. The van der Waals surface area contributed by atoms with Crippen LogP contribution in [-0.4, -0.2) is 30.1 Å². The van der Waals surface area contributed by atoms with Gasteiger partial charge in [0, 0.05) is 6.07 Å². The molecule has 0 aromatic carbocycles. The SMILES string of the molecule is COn1c(=O)nc(OCCF)c2c(CCC3CCC3)cc(=O)oc21. The summed E-state index contributed by atoms with van der Waals surface area (Å²) in [7, 11) is 1.27. The molecule has 0 aliphatic heterocycles. The van der Waals surface area contributed by atoms with Gasteiger partial charge in [-0.3, -0.25) is 0 Å². The highest BCUT2D eigenvalue weighted by Gasteiger charge is 2.22. The highest BCUT2D eigenvalue weighted by molar-refractivity contribution is 5.82. The molecule has 3 rings (SSSR count). The van der Waals surface area contributed by atoms with Gasteiger partial charge in [0.25, 0.3) is 5.71 Å². The normalized spacial score (nSPS) is 14.6. The number of hydrogen-bond acceptors (Lipinski definition) is 6. The van der Waals surface area contributed by atoms with E-state index in [1.54, 1.807) is 0 Å². The van der Waals surface area contributed by atoms with Crippen molar-refractivity contribution in [3.05, 3.63) is 32.5 Å². The number of alkyl halides is 1. The quantitative estimate of drug-likeness (QED) is 0.760. The van der Waals surface area contributed by atoms with Gasteiger partial charge in [-0.2, -0.15) is 4.98 Å². The van der Waals surface area contributed by atoms with E-state index < -0.39 is 18.0 Å². The van der Waals surface area contributed by atoms with Gasteiger partial charge in [0.1, 0.15) is 25.8 Å². The predicted octanol–water partition coefficient (Wildman–Crippen LogP) is 1.49. The minimum absolute atomic E-state index is 0.0340. The van der Waals surface area contributed by atoms with E-state index in [1.807, 2.05) is 0 Å². The van der Waals surface area contributed by atoms with Gasteiger partial charge in [0.05, 0.1) is 0 Å². The van der Waals surface area contributed by atoms with Gasteiger partial charge in [-0.1, -0.05) is 24.0 Å². The molecule has 0 atom stereocenters. The lowest BCUT2D eigenvalue weighted by Gasteiger charge is -2.25. The van der Waals surface area contributed by atoms with Crippen LogP contribution in [0.25, 0.3) is 11.1 Å². The Morgan fingerprint density at radius 1 is 1.42 bits per heavy atom. The molecule has 1 aliphatic carbocycles. The lowest BCUT2D eigenvalue weighted by molar-refractivity contribution is 0.151. The van der Waals surface area contributed by atoms with Crippen molar-refractivity contribution < 1.29 is 18.4 Å². The number of aryl methyl sites for hydroxylation is 1. The summed E-state index contributed by atoms with van der Waals surface area (Å²) >= 11 is 0. The van der Waals surface area contributed by atoms with Crippen LogP contribution in [0.3, 0.4) is 0 Å². The first-order valence-corrected chi connectivity index (χ1v) is 7.97. The largest absolute Gasteiger partial charge is 0.474 e. The molecule has 0 spiro atoms. The first-order valence-electron chi connectivity index (χ1n) is 7.97. The second-order valence-corrected chi connectivity index (χ2v) is 5.82. The molecule has 1 saturated carbocycles. The molecule has 0 amide bonds. The number of fused-ring (bicyclic) bond motifs is 1. The molecule has 0 radical (unpaired) electrons. The summed E-state index contributed by atoms with van der Waals surface area (Å²) in [6, 6.07) is 1.37. The number of rotatable bonds is 7. The van der Waals surface area contributed by atoms with E-state index in [2.05, 4.69) is 4.98 Å². The Bertz CT molecular complexity index is 841. The molecule has 1 fully saturated rings. The number of halogens is 1. The van der Waals surface area contributed by atoms with E-state index in [-0.39, 0.29) is 18.2 Å². The van der Waals surface area contributed by atoms with Crippen molar-refractivity contribution in [2.24, 2.45) is 5.92 Å². The number of ether oxygens (including phenoxy) is 1. The molecule has 2 aromatic heterocycles. The van der Waals surface area contributed by atoms with E-state index in [9.17, 15) is 14.0 Å². The van der Waals surface area contributed by atoms with Crippen LogP contribution in [0.4, 0.5) is 4.39 Å². The van der Waals surface area contributed by atoms with E-state index in [0.717, 1.165) is 11.2 Å². The van der Waals surface area contributed by atoms with Gasteiger partial charge in [-0.15, -0.1) is 0 Å². The maximum atomic E-state index is 12.5. The minimum atomic E-state index is -0.793. The lowest BCUT2D eigenvalue weighted by atomic mass is 9.81. The fraction of sp³-hybridized carbons (Fsp3) is 0.562. The Hall–Kier alpha value is -2.38. The standard InChI is InChI=1S/C16H19FN2O5/c1-22-19-15-13(14(18-16(19)21)23-8-7-17)11(9-12(20)24-15)6-5-10-3-2-4-10/h9-10H,2-8H2,1H3. The van der Waals surface area contributed by atoms with Gasteiger partial charge >= 0.3 is 11.3 Å². The number of nitrogens with zero attached hydrogens (tertiary/aromatic N) is 2. The molecular formula is C16H19FN2O5. The van der Waals surface area contributed by atoms with Crippen LogP contribution in [0.1, 0.15) is 31.2 Å². The van der Waals surface area contributed by atoms with Crippen molar-refractivity contribution in [1.29, 1.82) is 0 Å². The van der Waals surface area contributed by atoms with E-state index in [4.69, 9.17) is 14.0 Å². The molecule has 0 bridgehead atoms. The van der Waals surface area contributed by atoms with Crippen LogP contribution in [0, 0.1) is 5.92 Å². The molecule has 1 aliphatic rings. The van der Waals surface area contributed by atoms with Crippen LogP contribution in [0.15, 0.2) is 20.1 Å². The average Bonchev–Trinajstić information content (AvgIpc) is 2.50. The molecule has 0 saturated heterocycles. The Labute approximate surface area is 137 Å². The Kier molecular flexibility index (Phi) is 4.82. The van der Waals surface area contributed by atoms with Crippen LogP contribution < -0.4 is 20.9 Å². The molecule has 24 heavy (non-hydrogen) atoms. The zero-order chi connectivity index (χ0) is 17.1.